The normalized spacial score (nSPS) is 23.6. The lowest BCUT2D eigenvalue weighted by atomic mass is 9.98. The molecule has 5 nitrogen and oxygen atoms in total. The van der Waals surface area contributed by atoms with Gasteiger partial charge in [0.15, 0.2) is 0 Å². The van der Waals surface area contributed by atoms with Crippen molar-refractivity contribution in [2.75, 3.05) is 31.7 Å². The summed E-state index contributed by atoms with van der Waals surface area (Å²) in [4.78, 5) is 2.51. The molecule has 0 aromatic carbocycles. The van der Waals surface area contributed by atoms with E-state index in [-0.39, 0.29) is 0 Å². The van der Waals surface area contributed by atoms with E-state index in [0.29, 0.717) is 24.6 Å². The molecule has 0 bridgehead atoms. The molecule has 0 aliphatic carbocycles. The van der Waals surface area contributed by atoms with Crippen LogP contribution in [0.4, 0.5) is 5.69 Å². The first-order valence-corrected chi connectivity index (χ1v) is 7.67. The number of nitrogens with zero attached hydrogens (tertiary/aromatic N) is 3. The SMILES string of the molecule is CCC1CNC(C(C)C)CN1c1cnn(CCOC)c1. The van der Waals surface area contributed by atoms with E-state index in [9.17, 15) is 0 Å². The Kier molecular flexibility index (Phi) is 5.43. The third-order valence-corrected chi connectivity index (χ3v) is 4.20. The predicted molar refractivity (Wildman–Crippen MR) is 82.2 cm³/mol. The summed E-state index contributed by atoms with van der Waals surface area (Å²) in [5, 5.41) is 8.11. The third-order valence-electron chi connectivity index (χ3n) is 4.20. The first kappa shape index (κ1) is 15.3. The lowest BCUT2D eigenvalue weighted by Gasteiger charge is -2.42. The standard InChI is InChI=1S/C15H28N4O/c1-5-13-8-16-15(12(2)3)11-19(13)14-9-17-18(10-14)6-7-20-4/h9-10,12-13,15-16H,5-8,11H2,1-4H3. The average Bonchev–Trinajstić information content (AvgIpc) is 2.93. The van der Waals surface area contributed by atoms with E-state index in [2.05, 4.69) is 42.3 Å². The molecule has 0 spiro atoms. The number of aromatic nitrogens is 2. The van der Waals surface area contributed by atoms with Crippen LogP contribution in [-0.2, 0) is 11.3 Å². The minimum atomic E-state index is 0.556. The average molecular weight is 280 g/mol. The Morgan fingerprint density at radius 2 is 2.30 bits per heavy atom. The lowest BCUT2D eigenvalue weighted by Crippen LogP contribution is -2.58. The number of rotatable bonds is 6. The van der Waals surface area contributed by atoms with Crippen molar-refractivity contribution in [2.24, 2.45) is 5.92 Å². The zero-order valence-corrected chi connectivity index (χ0v) is 13.2. The number of anilines is 1. The summed E-state index contributed by atoms with van der Waals surface area (Å²) in [6.07, 6.45) is 5.28. The summed E-state index contributed by atoms with van der Waals surface area (Å²) in [6.45, 7) is 10.5. The number of nitrogens with one attached hydrogen (secondary N) is 1. The van der Waals surface area contributed by atoms with Crippen LogP contribution in [0.5, 0.6) is 0 Å². The third kappa shape index (κ3) is 3.52. The molecule has 1 fully saturated rings. The summed E-state index contributed by atoms with van der Waals surface area (Å²) in [5.74, 6) is 0.652. The number of hydrogen-bond donors (Lipinski definition) is 1. The molecule has 5 heteroatoms. The van der Waals surface area contributed by atoms with E-state index in [4.69, 9.17) is 4.74 Å². The number of ether oxygens (including phenoxy) is 1. The van der Waals surface area contributed by atoms with E-state index < -0.39 is 0 Å². The second-order valence-corrected chi connectivity index (χ2v) is 5.93. The molecule has 2 atom stereocenters. The van der Waals surface area contributed by atoms with Crippen LogP contribution in [0.3, 0.4) is 0 Å². The van der Waals surface area contributed by atoms with Crippen molar-refractivity contribution in [1.82, 2.24) is 15.1 Å². The second-order valence-electron chi connectivity index (χ2n) is 5.93. The topological polar surface area (TPSA) is 42.3 Å². The molecule has 1 aliphatic heterocycles. The zero-order chi connectivity index (χ0) is 14.5. The minimum absolute atomic E-state index is 0.556. The summed E-state index contributed by atoms with van der Waals surface area (Å²) in [6, 6.07) is 1.12. The van der Waals surface area contributed by atoms with Crippen molar-refractivity contribution in [2.45, 2.75) is 45.8 Å². The summed E-state index contributed by atoms with van der Waals surface area (Å²) < 4.78 is 7.08. The lowest BCUT2D eigenvalue weighted by molar-refractivity contribution is 0.183. The number of hydrogen-bond acceptors (Lipinski definition) is 4. The Morgan fingerprint density at radius 1 is 1.50 bits per heavy atom. The van der Waals surface area contributed by atoms with Crippen LogP contribution in [0.1, 0.15) is 27.2 Å². The largest absolute Gasteiger partial charge is 0.383 e. The van der Waals surface area contributed by atoms with Crippen molar-refractivity contribution in [1.29, 1.82) is 0 Å². The van der Waals surface area contributed by atoms with Crippen LogP contribution in [0.15, 0.2) is 12.4 Å². The van der Waals surface area contributed by atoms with E-state index in [1.54, 1.807) is 7.11 Å². The maximum Gasteiger partial charge on any atom is 0.0756 e. The van der Waals surface area contributed by atoms with E-state index in [0.717, 1.165) is 26.1 Å². The molecule has 1 N–H and O–H groups in total. The molecule has 2 rings (SSSR count). The van der Waals surface area contributed by atoms with Gasteiger partial charge in [0.1, 0.15) is 0 Å². The molecule has 1 aromatic rings. The molecule has 0 saturated carbocycles. The molecular formula is C15H28N4O. The van der Waals surface area contributed by atoms with Crippen molar-refractivity contribution in [3.8, 4) is 0 Å². The van der Waals surface area contributed by atoms with Crippen molar-refractivity contribution < 1.29 is 4.74 Å². The van der Waals surface area contributed by atoms with Gasteiger partial charge in [0.05, 0.1) is 25.0 Å². The fraction of sp³-hybridized carbons (Fsp3) is 0.800. The van der Waals surface area contributed by atoms with E-state index in [1.165, 1.54) is 5.69 Å². The second kappa shape index (κ2) is 7.09. The van der Waals surface area contributed by atoms with Crippen molar-refractivity contribution in [3.63, 3.8) is 0 Å². The van der Waals surface area contributed by atoms with Gasteiger partial charge in [-0.05, 0) is 12.3 Å². The van der Waals surface area contributed by atoms with Crippen LogP contribution in [-0.4, -0.2) is 48.7 Å². The Labute approximate surface area is 122 Å². The van der Waals surface area contributed by atoms with E-state index in [1.807, 2.05) is 10.9 Å². The molecule has 114 valence electrons. The van der Waals surface area contributed by atoms with Gasteiger partial charge >= 0.3 is 0 Å². The van der Waals surface area contributed by atoms with Crippen molar-refractivity contribution in [3.05, 3.63) is 12.4 Å². The van der Waals surface area contributed by atoms with Gasteiger partial charge in [-0.2, -0.15) is 5.10 Å². The Hall–Kier alpha value is -1.07. The van der Waals surface area contributed by atoms with Gasteiger partial charge in [-0.3, -0.25) is 4.68 Å². The van der Waals surface area contributed by atoms with Crippen LogP contribution in [0.2, 0.25) is 0 Å². The summed E-state index contributed by atoms with van der Waals surface area (Å²) in [5.41, 5.74) is 1.24. The fourth-order valence-electron chi connectivity index (χ4n) is 2.76. The van der Waals surface area contributed by atoms with Gasteiger partial charge < -0.3 is 15.0 Å². The first-order valence-electron chi connectivity index (χ1n) is 7.67. The predicted octanol–water partition coefficient (Wildman–Crippen LogP) is 1.74. The Morgan fingerprint density at radius 3 is 2.95 bits per heavy atom. The highest BCUT2D eigenvalue weighted by atomic mass is 16.5. The van der Waals surface area contributed by atoms with Gasteiger partial charge in [0, 0.05) is 38.5 Å². The molecule has 1 saturated heterocycles. The van der Waals surface area contributed by atoms with Gasteiger partial charge in [0.25, 0.3) is 0 Å². The maximum absolute atomic E-state index is 5.11. The first-order chi connectivity index (χ1) is 9.65. The maximum atomic E-state index is 5.11. The Balaban J connectivity index is 2.08. The molecule has 1 aromatic heterocycles. The van der Waals surface area contributed by atoms with Crippen LogP contribution in [0, 0.1) is 5.92 Å². The highest BCUT2D eigenvalue weighted by Crippen LogP contribution is 2.22. The van der Waals surface area contributed by atoms with Gasteiger partial charge in [-0.15, -0.1) is 0 Å². The van der Waals surface area contributed by atoms with Crippen LogP contribution >= 0.6 is 0 Å². The smallest absolute Gasteiger partial charge is 0.0756 e. The minimum Gasteiger partial charge on any atom is -0.383 e. The monoisotopic (exact) mass is 280 g/mol. The van der Waals surface area contributed by atoms with Gasteiger partial charge in [-0.1, -0.05) is 20.8 Å². The zero-order valence-electron chi connectivity index (χ0n) is 13.2. The van der Waals surface area contributed by atoms with Gasteiger partial charge in [0.2, 0.25) is 0 Å². The number of piperazine rings is 1. The summed E-state index contributed by atoms with van der Waals surface area (Å²) in [7, 11) is 1.72. The molecule has 0 radical (unpaired) electrons. The highest BCUT2D eigenvalue weighted by molar-refractivity contribution is 5.44. The number of methoxy groups -OCH3 is 1. The quantitative estimate of drug-likeness (QED) is 0.862. The van der Waals surface area contributed by atoms with Gasteiger partial charge in [-0.25, -0.2) is 0 Å². The molecule has 2 heterocycles. The summed E-state index contributed by atoms with van der Waals surface area (Å²) >= 11 is 0. The fourth-order valence-corrected chi connectivity index (χ4v) is 2.76. The molecular weight excluding hydrogens is 252 g/mol. The highest BCUT2D eigenvalue weighted by Gasteiger charge is 2.29. The molecule has 0 amide bonds. The van der Waals surface area contributed by atoms with Crippen molar-refractivity contribution >= 4 is 5.69 Å². The molecule has 20 heavy (non-hydrogen) atoms. The molecule has 1 aliphatic rings. The Bertz CT molecular complexity index is 404. The van der Waals surface area contributed by atoms with Crippen LogP contribution in [0.25, 0.3) is 0 Å². The molecule has 2 unspecified atom stereocenters. The van der Waals surface area contributed by atoms with Crippen LogP contribution < -0.4 is 10.2 Å². The van der Waals surface area contributed by atoms with E-state index >= 15 is 0 Å².